The Morgan fingerprint density at radius 1 is 1.53 bits per heavy atom. The molecule has 4 heteroatoms. The van der Waals surface area contributed by atoms with Crippen LogP contribution >= 0.6 is 11.6 Å². The van der Waals surface area contributed by atoms with Gasteiger partial charge in [-0.05, 0) is 31.4 Å². The lowest BCUT2D eigenvalue weighted by Crippen LogP contribution is -2.19. The Morgan fingerprint density at radius 3 is 3.00 bits per heavy atom. The third kappa shape index (κ3) is 3.41. The van der Waals surface area contributed by atoms with E-state index in [1.54, 1.807) is 12.1 Å². The second kappa shape index (κ2) is 5.80. The fraction of sp³-hybridized carbons (Fsp3) is 0.538. The molecule has 2 nitrogen and oxygen atoms in total. The zero-order valence-corrected chi connectivity index (χ0v) is 10.3. The highest BCUT2D eigenvalue weighted by atomic mass is 35.5. The molecule has 1 aliphatic rings. The van der Waals surface area contributed by atoms with Crippen molar-refractivity contribution in [3.8, 4) is 0 Å². The van der Waals surface area contributed by atoms with Crippen LogP contribution in [0.25, 0.3) is 0 Å². The van der Waals surface area contributed by atoms with Crippen LogP contribution in [0.5, 0.6) is 0 Å². The first-order valence-electron chi connectivity index (χ1n) is 5.89. The molecule has 0 spiro atoms. The Hall–Kier alpha value is -0.640. The highest BCUT2D eigenvalue weighted by Gasteiger charge is 2.21. The van der Waals surface area contributed by atoms with Crippen molar-refractivity contribution in [2.24, 2.45) is 0 Å². The molecule has 1 aromatic rings. The van der Waals surface area contributed by atoms with Gasteiger partial charge in [0.05, 0.1) is 12.2 Å². The molecule has 1 aromatic carbocycles. The maximum atomic E-state index is 13.5. The Labute approximate surface area is 105 Å². The van der Waals surface area contributed by atoms with Crippen molar-refractivity contribution in [2.45, 2.75) is 37.9 Å². The van der Waals surface area contributed by atoms with Crippen molar-refractivity contribution in [3.05, 3.63) is 34.6 Å². The van der Waals surface area contributed by atoms with E-state index >= 15 is 0 Å². The number of rotatable bonds is 4. The van der Waals surface area contributed by atoms with Gasteiger partial charge >= 0.3 is 0 Å². The van der Waals surface area contributed by atoms with Gasteiger partial charge in [-0.3, -0.25) is 0 Å². The van der Waals surface area contributed by atoms with Crippen molar-refractivity contribution in [2.75, 3.05) is 6.61 Å². The molecule has 1 fully saturated rings. The van der Waals surface area contributed by atoms with Gasteiger partial charge in [-0.2, -0.15) is 0 Å². The molecular weight excluding hydrogens is 243 g/mol. The highest BCUT2D eigenvalue weighted by molar-refractivity contribution is 6.31. The summed E-state index contributed by atoms with van der Waals surface area (Å²) in [5, 5.41) is 10.3. The lowest BCUT2D eigenvalue weighted by atomic mass is 10.0. The van der Waals surface area contributed by atoms with Gasteiger partial charge < -0.3 is 9.84 Å². The average molecular weight is 259 g/mol. The maximum Gasteiger partial charge on any atom is 0.127 e. The second-order valence-corrected chi connectivity index (χ2v) is 4.84. The summed E-state index contributed by atoms with van der Waals surface area (Å²) in [5.74, 6) is -0.358. The molecule has 0 radical (unpaired) electrons. The molecule has 0 saturated carbocycles. The second-order valence-electron chi connectivity index (χ2n) is 4.43. The van der Waals surface area contributed by atoms with E-state index in [-0.39, 0.29) is 18.3 Å². The van der Waals surface area contributed by atoms with Gasteiger partial charge in [-0.1, -0.05) is 17.7 Å². The third-order valence-electron chi connectivity index (χ3n) is 3.06. The molecule has 1 saturated heterocycles. The van der Waals surface area contributed by atoms with E-state index in [1.165, 1.54) is 6.07 Å². The summed E-state index contributed by atoms with van der Waals surface area (Å²) in [6.45, 7) is 0.762. The van der Waals surface area contributed by atoms with Crippen molar-refractivity contribution >= 4 is 11.6 Å². The summed E-state index contributed by atoms with van der Waals surface area (Å²) < 4.78 is 18.9. The fourth-order valence-corrected chi connectivity index (χ4v) is 2.42. The standard InChI is InChI=1S/C13H16ClFO2/c14-12-4-1-5-13(15)11(12)8-9(16)7-10-3-2-6-17-10/h1,4-5,9-10,16H,2-3,6-8H2. The van der Waals surface area contributed by atoms with E-state index < -0.39 is 6.10 Å². The monoisotopic (exact) mass is 258 g/mol. The summed E-state index contributed by atoms with van der Waals surface area (Å²) in [6, 6.07) is 4.56. The van der Waals surface area contributed by atoms with Crippen molar-refractivity contribution < 1.29 is 14.2 Å². The van der Waals surface area contributed by atoms with Crippen LogP contribution in [0.15, 0.2) is 18.2 Å². The molecule has 1 heterocycles. The van der Waals surface area contributed by atoms with Crippen molar-refractivity contribution in [1.82, 2.24) is 0 Å². The lowest BCUT2D eigenvalue weighted by molar-refractivity contribution is 0.0538. The summed E-state index contributed by atoms with van der Waals surface area (Å²) in [4.78, 5) is 0. The smallest absolute Gasteiger partial charge is 0.127 e. The van der Waals surface area contributed by atoms with Crippen molar-refractivity contribution in [1.29, 1.82) is 0 Å². The summed E-state index contributed by atoms with van der Waals surface area (Å²) in [6.07, 6.45) is 2.30. The largest absolute Gasteiger partial charge is 0.393 e. The van der Waals surface area contributed by atoms with Crippen LogP contribution < -0.4 is 0 Å². The van der Waals surface area contributed by atoms with E-state index in [2.05, 4.69) is 0 Å². The summed E-state index contributed by atoms with van der Waals surface area (Å²) in [5.41, 5.74) is 0.389. The Bertz CT molecular complexity index is 357. The molecule has 0 bridgehead atoms. The van der Waals surface area contributed by atoms with Crippen LogP contribution in [0.3, 0.4) is 0 Å². The molecular formula is C13H16ClFO2. The van der Waals surface area contributed by atoms with Gasteiger partial charge in [0.1, 0.15) is 5.82 Å². The van der Waals surface area contributed by atoms with Crippen LogP contribution in [0.2, 0.25) is 5.02 Å². The topological polar surface area (TPSA) is 29.5 Å². The van der Waals surface area contributed by atoms with E-state index in [4.69, 9.17) is 16.3 Å². The molecule has 2 rings (SSSR count). The van der Waals surface area contributed by atoms with Gasteiger partial charge in [0, 0.05) is 23.6 Å². The number of aliphatic hydroxyl groups excluding tert-OH is 1. The normalized spacial score (nSPS) is 21.7. The number of hydrogen-bond acceptors (Lipinski definition) is 2. The number of halogens is 2. The molecule has 0 aromatic heterocycles. The van der Waals surface area contributed by atoms with Gasteiger partial charge in [0.25, 0.3) is 0 Å². The molecule has 0 amide bonds. The Kier molecular flexibility index (Phi) is 4.37. The Balaban J connectivity index is 1.95. The minimum atomic E-state index is -0.604. The van der Waals surface area contributed by atoms with E-state index in [1.807, 2.05) is 0 Å². The van der Waals surface area contributed by atoms with Gasteiger partial charge in [0.2, 0.25) is 0 Å². The molecule has 1 aliphatic heterocycles. The predicted octanol–water partition coefficient (Wildman–Crippen LogP) is 2.95. The van der Waals surface area contributed by atoms with Gasteiger partial charge in [0.15, 0.2) is 0 Å². The summed E-state index contributed by atoms with van der Waals surface area (Å²) >= 11 is 5.91. The first-order valence-corrected chi connectivity index (χ1v) is 6.27. The van der Waals surface area contributed by atoms with Crippen LogP contribution in [0.4, 0.5) is 4.39 Å². The number of benzene rings is 1. The SMILES string of the molecule is OC(Cc1c(F)cccc1Cl)CC1CCCO1. The van der Waals surface area contributed by atoms with Gasteiger partial charge in [-0.25, -0.2) is 4.39 Å². The van der Waals surface area contributed by atoms with Gasteiger partial charge in [-0.15, -0.1) is 0 Å². The quantitative estimate of drug-likeness (QED) is 0.900. The zero-order valence-electron chi connectivity index (χ0n) is 9.53. The van der Waals surface area contributed by atoms with Crippen LogP contribution in [-0.2, 0) is 11.2 Å². The first kappa shape index (κ1) is 12.8. The minimum Gasteiger partial charge on any atom is -0.393 e. The summed E-state index contributed by atoms with van der Waals surface area (Å²) in [7, 11) is 0. The van der Waals surface area contributed by atoms with Crippen LogP contribution in [-0.4, -0.2) is 23.9 Å². The Morgan fingerprint density at radius 2 is 2.35 bits per heavy atom. The number of hydrogen-bond donors (Lipinski definition) is 1. The molecule has 17 heavy (non-hydrogen) atoms. The number of ether oxygens (including phenoxy) is 1. The van der Waals surface area contributed by atoms with E-state index in [0.29, 0.717) is 17.0 Å². The van der Waals surface area contributed by atoms with Crippen LogP contribution in [0, 0.1) is 5.82 Å². The first-order chi connectivity index (χ1) is 8.16. The molecule has 2 atom stereocenters. The lowest BCUT2D eigenvalue weighted by Gasteiger charge is -2.16. The zero-order chi connectivity index (χ0) is 12.3. The van der Waals surface area contributed by atoms with Crippen LogP contribution in [0.1, 0.15) is 24.8 Å². The highest BCUT2D eigenvalue weighted by Crippen LogP contribution is 2.23. The predicted molar refractivity (Wildman–Crippen MR) is 64.7 cm³/mol. The molecule has 94 valence electrons. The molecule has 1 N–H and O–H groups in total. The number of aliphatic hydroxyl groups is 1. The molecule has 2 unspecified atom stereocenters. The van der Waals surface area contributed by atoms with E-state index in [0.717, 1.165) is 19.4 Å². The third-order valence-corrected chi connectivity index (χ3v) is 3.41. The van der Waals surface area contributed by atoms with E-state index in [9.17, 15) is 9.50 Å². The molecule has 0 aliphatic carbocycles. The minimum absolute atomic E-state index is 0.107. The maximum absolute atomic E-state index is 13.5. The van der Waals surface area contributed by atoms with Crippen molar-refractivity contribution in [3.63, 3.8) is 0 Å². The average Bonchev–Trinajstić information content (AvgIpc) is 2.76. The fourth-order valence-electron chi connectivity index (χ4n) is 2.18.